The Morgan fingerprint density at radius 3 is 2.42 bits per heavy atom. The third-order valence-electron chi connectivity index (χ3n) is 3.73. The SMILES string of the molecule is CC(C)Cc1ccc(CCC2CCC(=O)N2O)cc1. The number of aryl methyl sites for hydroxylation is 1. The first-order valence-electron chi connectivity index (χ1n) is 7.15. The van der Waals surface area contributed by atoms with Gasteiger partial charge >= 0.3 is 0 Å². The molecule has 0 spiro atoms. The molecule has 1 aliphatic heterocycles. The van der Waals surface area contributed by atoms with E-state index in [1.165, 1.54) is 11.1 Å². The molecular formula is C16H23NO2. The van der Waals surface area contributed by atoms with E-state index in [1.54, 1.807) is 0 Å². The number of nitrogens with zero attached hydrogens (tertiary/aromatic N) is 1. The van der Waals surface area contributed by atoms with E-state index in [2.05, 4.69) is 38.1 Å². The van der Waals surface area contributed by atoms with Gasteiger partial charge < -0.3 is 0 Å². The molecule has 3 nitrogen and oxygen atoms in total. The molecule has 1 N–H and O–H groups in total. The van der Waals surface area contributed by atoms with Gasteiger partial charge in [-0.25, -0.2) is 5.06 Å². The third-order valence-corrected chi connectivity index (χ3v) is 3.73. The van der Waals surface area contributed by atoms with Crippen LogP contribution < -0.4 is 0 Å². The molecule has 19 heavy (non-hydrogen) atoms. The largest absolute Gasteiger partial charge is 0.286 e. The number of carbonyl (C=O) groups is 1. The lowest BCUT2D eigenvalue weighted by Gasteiger charge is -2.17. The average Bonchev–Trinajstić information content (AvgIpc) is 2.69. The molecule has 1 atom stereocenters. The Morgan fingerprint density at radius 2 is 1.89 bits per heavy atom. The molecule has 1 saturated heterocycles. The minimum Gasteiger partial charge on any atom is -0.286 e. The number of hydrogen-bond donors (Lipinski definition) is 1. The van der Waals surface area contributed by atoms with Crippen LogP contribution >= 0.6 is 0 Å². The lowest BCUT2D eigenvalue weighted by atomic mass is 9.99. The maximum atomic E-state index is 11.2. The monoisotopic (exact) mass is 261 g/mol. The van der Waals surface area contributed by atoms with Crippen molar-refractivity contribution < 1.29 is 10.0 Å². The van der Waals surface area contributed by atoms with Crippen LogP contribution in [0.5, 0.6) is 0 Å². The second-order valence-electron chi connectivity index (χ2n) is 5.88. The summed E-state index contributed by atoms with van der Waals surface area (Å²) in [5, 5.41) is 10.5. The highest BCUT2D eigenvalue weighted by atomic mass is 16.5. The van der Waals surface area contributed by atoms with Crippen LogP contribution in [0.4, 0.5) is 0 Å². The van der Waals surface area contributed by atoms with Gasteiger partial charge in [-0.05, 0) is 42.7 Å². The lowest BCUT2D eigenvalue weighted by molar-refractivity contribution is -0.165. The molecule has 1 fully saturated rings. The molecule has 2 rings (SSSR count). The fourth-order valence-corrected chi connectivity index (χ4v) is 2.64. The lowest BCUT2D eigenvalue weighted by Crippen LogP contribution is -2.29. The standard InChI is InChI=1S/C16H23NO2/c1-12(2)11-14-5-3-13(4-6-14)7-8-15-9-10-16(18)17(15)19/h3-6,12,15,19H,7-11H2,1-2H3. The van der Waals surface area contributed by atoms with Gasteiger partial charge in [0.25, 0.3) is 0 Å². The van der Waals surface area contributed by atoms with Gasteiger partial charge in [-0.15, -0.1) is 0 Å². The molecule has 1 unspecified atom stereocenters. The van der Waals surface area contributed by atoms with Crippen molar-refractivity contribution in [3.8, 4) is 0 Å². The van der Waals surface area contributed by atoms with Crippen molar-refractivity contribution in [2.24, 2.45) is 5.92 Å². The first kappa shape index (κ1) is 14.1. The van der Waals surface area contributed by atoms with Crippen molar-refractivity contribution in [1.82, 2.24) is 5.06 Å². The van der Waals surface area contributed by atoms with Crippen LogP contribution in [-0.2, 0) is 17.6 Å². The van der Waals surface area contributed by atoms with E-state index >= 15 is 0 Å². The first-order valence-corrected chi connectivity index (χ1v) is 7.15. The minimum atomic E-state index is -0.141. The van der Waals surface area contributed by atoms with Crippen molar-refractivity contribution in [3.63, 3.8) is 0 Å². The van der Waals surface area contributed by atoms with Crippen LogP contribution in [0.2, 0.25) is 0 Å². The molecule has 1 aromatic rings. The first-order chi connectivity index (χ1) is 9.06. The molecular weight excluding hydrogens is 238 g/mol. The fourth-order valence-electron chi connectivity index (χ4n) is 2.64. The van der Waals surface area contributed by atoms with Crippen LogP contribution in [0.25, 0.3) is 0 Å². The van der Waals surface area contributed by atoms with E-state index < -0.39 is 0 Å². The summed E-state index contributed by atoms with van der Waals surface area (Å²) >= 11 is 0. The van der Waals surface area contributed by atoms with E-state index in [9.17, 15) is 10.0 Å². The summed E-state index contributed by atoms with van der Waals surface area (Å²) < 4.78 is 0. The van der Waals surface area contributed by atoms with Gasteiger partial charge in [0.15, 0.2) is 0 Å². The van der Waals surface area contributed by atoms with Crippen molar-refractivity contribution in [1.29, 1.82) is 0 Å². The maximum Gasteiger partial charge on any atom is 0.246 e. The molecule has 0 aliphatic carbocycles. The summed E-state index contributed by atoms with van der Waals surface area (Å²) in [4.78, 5) is 11.2. The second-order valence-corrected chi connectivity index (χ2v) is 5.88. The fraction of sp³-hybridized carbons (Fsp3) is 0.562. The second kappa shape index (κ2) is 6.20. The summed E-state index contributed by atoms with van der Waals surface area (Å²) in [5.74, 6) is 0.538. The molecule has 104 valence electrons. The van der Waals surface area contributed by atoms with Crippen molar-refractivity contribution in [3.05, 3.63) is 35.4 Å². The quantitative estimate of drug-likeness (QED) is 0.827. The van der Waals surface area contributed by atoms with E-state index in [0.717, 1.165) is 30.7 Å². The summed E-state index contributed by atoms with van der Waals surface area (Å²) in [5.41, 5.74) is 2.65. The zero-order valence-electron chi connectivity index (χ0n) is 11.8. The zero-order chi connectivity index (χ0) is 13.8. The third kappa shape index (κ3) is 3.80. The highest BCUT2D eigenvalue weighted by molar-refractivity contribution is 5.77. The predicted octanol–water partition coefficient (Wildman–Crippen LogP) is 3.20. The highest BCUT2D eigenvalue weighted by Crippen LogP contribution is 2.21. The van der Waals surface area contributed by atoms with Crippen molar-refractivity contribution in [2.75, 3.05) is 0 Å². The highest BCUT2D eigenvalue weighted by Gasteiger charge is 2.29. The number of carbonyl (C=O) groups excluding carboxylic acids is 1. The van der Waals surface area contributed by atoms with Gasteiger partial charge in [-0.2, -0.15) is 0 Å². The molecule has 0 saturated carbocycles. The van der Waals surface area contributed by atoms with Gasteiger partial charge in [-0.1, -0.05) is 38.1 Å². The van der Waals surface area contributed by atoms with Crippen LogP contribution in [0.3, 0.4) is 0 Å². The summed E-state index contributed by atoms with van der Waals surface area (Å²) in [6.45, 7) is 4.45. The van der Waals surface area contributed by atoms with Crippen LogP contribution in [0, 0.1) is 5.92 Å². The van der Waals surface area contributed by atoms with Crippen LogP contribution in [0.1, 0.15) is 44.2 Å². The van der Waals surface area contributed by atoms with Gasteiger partial charge in [0.05, 0.1) is 6.04 Å². The number of rotatable bonds is 5. The van der Waals surface area contributed by atoms with Gasteiger partial charge in [0.2, 0.25) is 5.91 Å². The zero-order valence-corrected chi connectivity index (χ0v) is 11.8. The summed E-state index contributed by atoms with van der Waals surface area (Å²) in [6.07, 6.45) is 4.12. The molecule has 3 heteroatoms. The Morgan fingerprint density at radius 1 is 1.26 bits per heavy atom. The molecule has 0 aromatic heterocycles. The van der Waals surface area contributed by atoms with E-state index in [-0.39, 0.29) is 11.9 Å². The van der Waals surface area contributed by atoms with Gasteiger partial charge in [0, 0.05) is 6.42 Å². The molecule has 1 amide bonds. The summed E-state index contributed by atoms with van der Waals surface area (Å²) in [6, 6.07) is 8.70. The van der Waals surface area contributed by atoms with Crippen molar-refractivity contribution in [2.45, 2.75) is 52.0 Å². The topological polar surface area (TPSA) is 40.5 Å². The Hall–Kier alpha value is -1.35. The van der Waals surface area contributed by atoms with E-state index in [1.807, 2.05) is 0 Å². The normalized spacial score (nSPS) is 19.5. The predicted molar refractivity (Wildman–Crippen MR) is 75.0 cm³/mol. The Kier molecular flexibility index (Phi) is 4.59. The van der Waals surface area contributed by atoms with Gasteiger partial charge in [-0.3, -0.25) is 10.0 Å². The molecule has 0 radical (unpaired) electrons. The van der Waals surface area contributed by atoms with Crippen LogP contribution in [0.15, 0.2) is 24.3 Å². The minimum absolute atomic E-state index is 0.00263. The van der Waals surface area contributed by atoms with E-state index in [4.69, 9.17) is 0 Å². The van der Waals surface area contributed by atoms with Gasteiger partial charge in [0.1, 0.15) is 0 Å². The molecule has 0 bridgehead atoms. The molecule has 1 aliphatic rings. The average molecular weight is 261 g/mol. The Balaban J connectivity index is 1.85. The number of amides is 1. The molecule has 1 aromatic carbocycles. The number of hydrogen-bond acceptors (Lipinski definition) is 2. The van der Waals surface area contributed by atoms with Crippen LogP contribution in [-0.4, -0.2) is 22.2 Å². The summed E-state index contributed by atoms with van der Waals surface area (Å²) in [7, 11) is 0. The van der Waals surface area contributed by atoms with E-state index in [0.29, 0.717) is 12.3 Å². The number of hydroxylamine groups is 2. The Bertz CT molecular complexity index is 425. The molecule has 1 heterocycles. The smallest absolute Gasteiger partial charge is 0.246 e. The maximum absolute atomic E-state index is 11.2. The van der Waals surface area contributed by atoms with Crippen molar-refractivity contribution >= 4 is 5.91 Å². The number of benzene rings is 1. The Labute approximate surface area is 115 Å².